The van der Waals surface area contributed by atoms with E-state index in [9.17, 15) is 9.18 Å². The zero-order chi connectivity index (χ0) is 13.5. The monoisotopic (exact) mass is 276 g/mol. The molecule has 1 unspecified atom stereocenters. The van der Waals surface area contributed by atoms with Crippen molar-refractivity contribution in [3.63, 3.8) is 0 Å². The lowest BCUT2D eigenvalue weighted by Crippen LogP contribution is -2.37. The quantitative estimate of drug-likeness (QED) is 0.360. The number of hydrogen-bond acceptors (Lipinski definition) is 5. The van der Waals surface area contributed by atoms with Gasteiger partial charge in [-0.2, -0.15) is 0 Å². The topological polar surface area (TPSA) is 59.6 Å². The summed E-state index contributed by atoms with van der Waals surface area (Å²) >= 11 is 5.69. The number of alkyl halides is 1. The van der Waals surface area contributed by atoms with Crippen molar-refractivity contribution in [3.8, 4) is 5.75 Å². The molecule has 18 heavy (non-hydrogen) atoms. The normalized spacial score (nSPS) is 11.8. The number of ether oxygens (including phenoxy) is 2. The maximum absolute atomic E-state index is 13.3. The summed E-state index contributed by atoms with van der Waals surface area (Å²) in [5, 5.41) is 0. The first kappa shape index (κ1) is 14.5. The predicted octanol–water partition coefficient (Wildman–Crippen LogP) is 1.88. The smallest absolute Gasteiger partial charge is 0.340 e. The molecule has 0 heterocycles. The van der Waals surface area contributed by atoms with E-state index in [-0.39, 0.29) is 12.4 Å². The second-order valence-corrected chi connectivity index (χ2v) is 3.67. The van der Waals surface area contributed by atoms with Crippen LogP contribution < -0.4 is 15.6 Å². The number of hydrogen-bond donors (Lipinski definition) is 2. The lowest BCUT2D eigenvalue weighted by Gasteiger charge is -2.13. The fourth-order valence-corrected chi connectivity index (χ4v) is 1.28. The van der Waals surface area contributed by atoms with Crippen LogP contribution in [0, 0.1) is 5.82 Å². The molecule has 100 valence electrons. The molecular formula is C11H14ClFN2O3. The molecule has 5 nitrogen and oxygen atoms in total. The van der Waals surface area contributed by atoms with Crippen molar-refractivity contribution in [1.29, 1.82) is 0 Å². The highest BCUT2D eigenvalue weighted by atomic mass is 35.5. The predicted molar refractivity (Wildman–Crippen MR) is 66.0 cm³/mol. The molecule has 1 rings (SSSR count). The number of anilines is 1. The maximum atomic E-state index is 13.3. The van der Waals surface area contributed by atoms with Gasteiger partial charge in [-0.3, -0.25) is 0 Å². The van der Waals surface area contributed by atoms with E-state index in [1.165, 1.54) is 19.2 Å². The molecule has 1 aromatic carbocycles. The van der Waals surface area contributed by atoms with E-state index in [0.717, 1.165) is 0 Å². The van der Waals surface area contributed by atoms with Gasteiger partial charge in [-0.05, 0) is 19.1 Å². The summed E-state index contributed by atoms with van der Waals surface area (Å²) < 4.78 is 22.8. The number of methoxy groups -OCH3 is 1. The molecule has 0 aliphatic heterocycles. The van der Waals surface area contributed by atoms with Gasteiger partial charge in [-0.25, -0.2) is 14.6 Å². The zero-order valence-electron chi connectivity index (χ0n) is 10.00. The van der Waals surface area contributed by atoms with Crippen molar-refractivity contribution in [1.82, 2.24) is 5.43 Å². The summed E-state index contributed by atoms with van der Waals surface area (Å²) in [4.78, 5) is 11.2. The van der Waals surface area contributed by atoms with E-state index in [1.54, 1.807) is 13.0 Å². The van der Waals surface area contributed by atoms with Gasteiger partial charge in [0, 0.05) is 6.07 Å². The van der Waals surface area contributed by atoms with Crippen LogP contribution in [0.3, 0.4) is 0 Å². The highest BCUT2D eigenvalue weighted by Gasteiger charge is 2.15. The van der Waals surface area contributed by atoms with Crippen molar-refractivity contribution in [3.05, 3.63) is 24.0 Å². The Hall–Kier alpha value is -1.53. The van der Waals surface area contributed by atoms with Crippen LogP contribution in [0.4, 0.5) is 10.1 Å². The van der Waals surface area contributed by atoms with E-state index in [0.29, 0.717) is 5.69 Å². The third kappa shape index (κ3) is 4.05. The van der Waals surface area contributed by atoms with E-state index in [1.807, 2.05) is 0 Å². The summed E-state index contributed by atoms with van der Waals surface area (Å²) in [6.07, 6.45) is 0. The number of carbonyl (C=O) groups excluding carboxylic acids is 1. The number of esters is 1. The number of nitrogens with one attached hydrogen (secondary N) is 2. The van der Waals surface area contributed by atoms with Gasteiger partial charge in [-0.15, -0.1) is 0 Å². The second kappa shape index (κ2) is 7.03. The second-order valence-electron chi connectivity index (χ2n) is 3.23. The van der Waals surface area contributed by atoms with Crippen LogP contribution in [-0.4, -0.2) is 25.2 Å². The SMILES string of the molecule is CCOC(=O)C(Cl)NNc1ccc(OC)c(F)c1. The molecule has 7 heteroatoms. The van der Waals surface area contributed by atoms with Crippen LogP contribution in [0.25, 0.3) is 0 Å². The first-order chi connectivity index (χ1) is 8.58. The average molecular weight is 277 g/mol. The molecule has 0 radical (unpaired) electrons. The van der Waals surface area contributed by atoms with Crippen molar-refractivity contribution in [2.45, 2.75) is 12.4 Å². The van der Waals surface area contributed by atoms with E-state index >= 15 is 0 Å². The largest absolute Gasteiger partial charge is 0.494 e. The maximum Gasteiger partial charge on any atom is 0.340 e. The third-order valence-corrected chi connectivity index (χ3v) is 2.28. The Morgan fingerprint density at radius 1 is 1.56 bits per heavy atom. The summed E-state index contributed by atoms with van der Waals surface area (Å²) in [5.41, 5.74) is 4.42. The fraction of sp³-hybridized carbons (Fsp3) is 0.364. The number of halogens is 2. The van der Waals surface area contributed by atoms with Gasteiger partial charge in [0.15, 0.2) is 17.1 Å². The van der Waals surface area contributed by atoms with Gasteiger partial charge in [0.1, 0.15) is 0 Å². The molecule has 2 N–H and O–H groups in total. The molecule has 0 saturated heterocycles. The Labute approximate surface area is 109 Å². The summed E-state index contributed by atoms with van der Waals surface area (Å²) in [5.74, 6) is -0.999. The molecule has 0 fully saturated rings. The van der Waals surface area contributed by atoms with E-state index < -0.39 is 17.3 Å². The van der Waals surface area contributed by atoms with Gasteiger partial charge in [0.2, 0.25) is 0 Å². The lowest BCUT2D eigenvalue weighted by atomic mass is 10.3. The minimum atomic E-state index is -1.06. The molecule has 1 atom stereocenters. The lowest BCUT2D eigenvalue weighted by molar-refractivity contribution is -0.143. The molecule has 0 aliphatic carbocycles. The molecule has 0 saturated carbocycles. The van der Waals surface area contributed by atoms with Crippen LogP contribution in [0.1, 0.15) is 6.92 Å². The average Bonchev–Trinajstić information content (AvgIpc) is 2.36. The Morgan fingerprint density at radius 3 is 2.83 bits per heavy atom. The third-order valence-electron chi connectivity index (χ3n) is 1.99. The van der Waals surface area contributed by atoms with Crippen LogP contribution in [0.15, 0.2) is 18.2 Å². The zero-order valence-corrected chi connectivity index (χ0v) is 10.8. The Bertz CT molecular complexity index is 417. The molecule has 0 amide bonds. The van der Waals surface area contributed by atoms with Gasteiger partial charge in [0.25, 0.3) is 0 Å². The van der Waals surface area contributed by atoms with Crippen LogP contribution >= 0.6 is 11.6 Å². The molecule has 0 bridgehead atoms. The highest BCUT2D eigenvalue weighted by Crippen LogP contribution is 2.20. The molecule has 0 spiro atoms. The summed E-state index contributed by atoms with van der Waals surface area (Å²) in [6, 6.07) is 4.23. The Balaban J connectivity index is 2.53. The standard InChI is InChI=1S/C11H14ClFN2O3/c1-3-18-11(16)10(12)15-14-7-4-5-9(17-2)8(13)6-7/h4-6,10,14-15H,3H2,1-2H3. The number of rotatable bonds is 6. The van der Waals surface area contributed by atoms with E-state index in [2.05, 4.69) is 15.6 Å². The fourth-order valence-electron chi connectivity index (χ4n) is 1.17. The summed E-state index contributed by atoms with van der Waals surface area (Å²) in [6.45, 7) is 1.91. The molecule has 0 aliphatic rings. The Morgan fingerprint density at radius 2 is 2.28 bits per heavy atom. The van der Waals surface area contributed by atoms with Crippen molar-refractivity contribution >= 4 is 23.3 Å². The summed E-state index contributed by atoms with van der Waals surface area (Å²) in [7, 11) is 1.37. The van der Waals surface area contributed by atoms with Gasteiger partial charge >= 0.3 is 5.97 Å². The van der Waals surface area contributed by atoms with Gasteiger partial charge < -0.3 is 14.9 Å². The highest BCUT2D eigenvalue weighted by molar-refractivity contribution is 6.29. The van der Waals surface area contributed by atoms with Crippen molar-refractivity contribution in [2.24, 2.45) is 0 Å². The minimum Gasteiger partial charge on any atom is -0.494 e. The Kier molecular flexibility index (Phi) is 5.67. The van der Waals surface area contributed by atoms with Gasteiger partial charge in [0.05, 0.1) is 19.4 Å². The van der Waals surface area contributed by atoms with Gasteiger partial charge in [-0.1, -0.05) is 11.6 Å². The molecule has 1 aromatic rings. The van der Waals surface area contributed by atoms with Crippen LogP contribution in [0.5, 0.6) is 5.75 Å². The molecular weight excluding hydrogens is 263 g/mol. The minimum absolute atomic E-state index is 0.133. The van der Waals surface area contributed by atoms with E-state index in [4.69, 9.17) is 16.3 Å². The first-order valence-corrected chi connectivity index (χ1v) is 5.68. The number of carbonyl (C=O) groups is 1. The first-order valence-electron chi connectivity index (χ1n) is 5.24. The van der Waals surface area contributed by atoms with Crippen molar-refractivity contribution in [2.75, 3.05) is 19.1 Å². The number of benzene rings is 1. The number of hydrazine groups is 1. The van der Waals surface area contributed by atoms with Crippen LogP contribution in [0.2, 0.25) is 0 Å². The molecule has 0 aromatic heterocycles. The van der Waals surface area contributed by atoms with Crippen molar-refractivity contribution < 1.29 is 18.7 Å². The van der Waals surface area contributed by atoms with Crippen LogP contribution in [-0.2, 0) is 9.53 Å².